The highest BCUT2D eigenvalue weighted by atomic mass is 16.5. The standard InChI is InChI=1S/C37H39N5O7/c1-24-17-25(2)26(3)30(18-24)40-33(43)23-49-32-16-9-8-15-31(32)42(22-35(45)41(4)29-13-6-5-7-14-29)34(44)21-38-37(48)39-28-12-10-11-27(19-28)20-36(46)47/h5-19H,20-23H2,1-4H3,(H,40,43)(H,46,47)(H2,38,39,48). The number of aliphatic carboxylic acids is 1. The Bertz CT molecular complexity index is 1840. The van der Waals surface area contributed by atoms with Crippen LogP contribution in [0.15, 0.2) is 91.0 Å². The molecule has 0 heterocycles. The van der Waals surface area contributed by atoms with E-state index in [0.717, 1.165) is 16.7 Å². The van der Waals surface area contributed by atoms with Gasteiger partial charge in [0, 0.05) is 24.1 Å². The van der Waals surface area contributed by atoms with Gasteiger partial charge in [-0.25, -0.2) is 4.79 Å². The van der Waals surface area contributed by atoms with Crippen LogP contribution < -0.4 is 30.5 Å². The van der Waals surface area contributed by atoms with Gasteiger partial charge in [-0.05, 0) is 85.5 Å². The Kier molecular flexibility index (Phi) is 12.1. The van der Waals surface area contributed by atoms with Crippen molar-refractivity contribution < 1.29 is 33.8 Å². The van der Waals surface area contributed by atoms with Crippen molar-refractivity contribution in [3.05, 3.63) is 113 Å². The first kappa shape index (κ1) is 35.7. The highest BCUT2D eigenvalue weighted by molar-refractivity contribution is 6.06. The largest absolute Gasteiger partial charge is 0.482 e. The predicted molar refractivity (Wildman–Crippen MR) is 188 cm³/mol. The Labute approximate surface area is 284 Å². The molecular formula is C37H39N5O7. The van der Waals surface area contributed by atoms with Gasteiger partial charge in [0.25, 0.3) is 5.91 Å². The molecule has 0 aromatic heterocycles. The molecule has 12 heteroatoms. The molecule has 0 aliphatic heterocycles. The number of aryl methyl sites for hydroxylation is 2. The summed E-state index contributed by atoms with van der Waals surface area (Å²) in [7, 11) is 1.59. The van der Waals surface area contributed by atoms with Crippen LogP contribution in [0.5, 0.6) is 5.75 Å². The number of ether oxygens (including phenoxy) is 1. The molecule has 0 saturated carbocycles. The number of carboxylic acids is 1. The molecule has 0 bridgehead atoms. The summed E-state index contributed by atoms with van der Waals surface area (Å²) in [5.41, 5.74) is 5.31. The average molecular weight is 666 g/mol. The Balaban J connectivity index is 1.51. The summed E-state index contributed by atoms with van der Waals surface area (Å²) in [6.45, 7) is 4.55. The van der Waals surface area contributed by atoms with Crippen LogP contribution >= 0.6 is 0 Å². The quantitative estimate of drug-likeness (QED) is 0.155. The number of rotatable bonds is 13. The summed E-state index contributed by atoms with van der Waals surface area (Å²) < 4.78 is 5.90. The molecule has 4 aromatic rings. The first-order valence-electron chi connectivity index (χ1n) is 15.5. The maximum atomic E-state index is 13.7. The lowest BCUT2D eigenvalue weighted by atomic mass is 10.0. The van der Waals surface area contributed by atoms with E-state index in [9.17, 15) is 24.0 Å². The van der Waals surface area contributed by atoms with E-state index in [1.165, 1.54) is 15.9 Å². The molecule has 254 valence electrons. The third-order valence-corrected chi connectivity index (χ3v) is 7.65. The summed E-state index contributed by atoms with van der Waals surface area (Å²) in [5, 5.41) is 17.0. The van der Waals surface area contributed by atoms with Crippen LogP contribution in [0, 0.1) is 20.8 Å². The van der Waals surface area contributed by atoms with E-state index in [2.05, 4.69) is 16.0 Å². The van der Waals surface area contributed by atoms with E-state index in [0.29, 0.717) is 22.6 Å². The van der Waals surface area contributed by atoms with Gasteiger partial charge in [-0.2, -0.15) is 0 Å². The fourth-order valence-electron chi connectivity index (χ4n) is 5.01. The zero-order valence-electron chi connectivity index (χ0n) is 27.8. The monoisotopic (exact) mass is 665 g/mol. The molecule has 5 amide bonds. The first-order chi connectivity index (χ1) is 23.4. The van der Waals surface area contributed by atoms with Crippen LogP contribution in [0.1, 0.15) is 22.3 Å². The Hall–Kier alpha value is -6.17. The van der Waals surface area contributed by atoms with Crippen LogP contribution in [0.2, 0.25) is 0 Å². The van der Waals surface area contributed by atoms with Crippen LogP contribution in [0.4, 0.5) is 27.5 Å². The minimum absolute atomic E-state index is 0.179. The fourth-order valence-corrected chi connectivity index (χ4v) is 5.01. The lowest BCUT2D eigenvalue weighted by molar-refractivity contribution is -0.136. The number of anilines is 4. The first-order valence-corrected chi connectivity index (χ1v) is 15.5. The Morgan fingerprint density at radius 3 is 2.24 bits per heavy atom. The lowest BCUT2D eigenvalue weighted by Crippen LogP contribution is -2.46. The molecule has 0 spiro atoms. The van der Waals surface area contributed by atoms with Crippen LogP contribution in [-0.4, -0.2) is 61.6 Å². The molecular weight excluding hydrogens is 626 g/mol. The fraction of sp³-hybridized carbons (Fsp3) is 0.216. The second-order valence-corrected chi connectivity index (χ2v) is 11.4. The number of nitrogens with one attached hydrogen (secondary N) is 3. The molecule has 0 radical (unpaired) electrons. The van der Waals surface area contributed by atoms with Crippen molar-refractivity contribution in [2.75, 3.05) is 47.2 Å². The van der Waals surface area contributed by atoms with Crippen molar-refractivity contribution in [3.8, 4) is 5.75 Å². The highest BCUT2D eigenvalue weighted by Crippen LogP contribution is 2.29. The van der Waals surface area contributed by atoms with Gasteiger partial charge in [-0.15, -0.1) is 0 Å². The highest BCUT2D eigenvalue weighted by Gasteiger charge is 2.25. The lowest BCUT2D eigenvalue weighted by Gasteiger charge is -2.27. The van der Waals surface area contributed by atoms with Crippen LogP contribution in [-0.2, 0) is 25.6 Å². The minimum Gasteiger partial charge on any atom is -0.482 e. The number of amides is 5. The maximum Gasteiger partial charge on any atom is 0.319 e. The zero-order chi connectivity index (χ0) is 35.5. The van der Waals surface area contributed by atoms with E-state index in [1.807, 2.05) is 39.0 Å². The molecule has 0 fully saturated rings. The molecule has 4 rings (SSSR count). The van der Waals surface area contributed by atoms with Gasteiger partial charge in [0.05, 0.1) is 18.7 Å². The molecule has 49 heavy (non-hydrogen) atoms. The van der Waals surface area contributed by atoms with Gasteiger partial charge in [-0.3, -0.25) is 24.1 Å². The number of urea groups is 1. The maximum absolute atomic E-state index is 13.7. The number of nitrogens with zero attached hydrogens (tertiary/aromatic N) is 2. The van der Waals surface area contributed by atoms with Crippen LogP contribution in [0.3, 0.4) is 0 Å². The SMILES string of the molecule is Cc1cc(C)c(C)c(NC(=O)COc2ccccc2N(CC(=O)N(C)c2ccccc2)C(=O)CNC(=O)Nc2cccc(CC(=O)O)c2)c1. The van der Waals surface area contributed by atoms with Gasteiger partial charge < -0.3 is 30.7 Å². The van der Waals surface area contributed by atoms with Gasteiger partial charge >= 0.3 is 12.0 Å². The van der Waals surface area contributed by atoms with E-state index in [1.54, 1.807) is 73.8 Å². The van der Waals surface area contributed by atoms with Crippen molar-refractivity contribution in [1.82, 2.24) is 5.32 Å². The summed E-state index contributed by atoms with van der Waals surface area (Å²) >= 11 is 0. The molecule has 0 aliphatic rings. The average Bonchev–Trinajstić information content (AvgIpc) is 3.07. The molecule has 12 nitrogen and oxygen atoms in total. The zero-order valence-corrected chi connectivity index (χ0v) is 27.8. The van der Waals surface area contributed by atoms with Crippen LogP contribution in [0.25, 0.3) is 0 Å². The van der Waals surface area contributed by atoms with Crippen molar-refractivity contribution in [3.63, 3.8) is 0 Å². The van der Waals surface area contributed by atoms with Crippen molar-refractivity contribution in [2.45, 2.75) is 27.2 Å². The number of hydrogen-bond acceptors (Lipinski definition) is 6. The van der Waals surface area contributed by atoms with E-state index in [4.69, 9.17) is 9.84 Å². The number of carboxylic acid groups (broad SMARTS) is 1. The van der Waals surface area contributed by atoms with Crippen molar-refractivity contribution in [2.24, 2.45) is 0 Å². The normalized spacial score (nSPS) is 10.4. The molecule has 0 unspecified atom stereocenters. The van der Waals surface area contributed by atoms with Gasteiger partial charge in [0.1, 0.15) is 12.3 Å². The second-order valence-electron chi connectivity index (χ2n) is 11.4. The summed E-state index contributed by atoms with van der Waals surface area (Å²) in [6, 6.07) is 24.9. The second kappa shape index (κ2) is 16.6. The Morgan fingerprint density at radius 1 is 0.796 bits per heavy atom. The predicted octanol–water partition coefficient (Wildman–Crippen LogP) is 5.07. The summed E-state index contributed by atoms with van der Waals surface area (Å²) in [6.07, 6.45) is -0.218. The summed E-state index contributed by atoms with van der Waals surface area (Å²) in [4.78, 5) is 66.5. The number of carbonyl (C=O) groups is 5. The van der Waals surface area contributed by atoms with E-state index < -0.39 is 42.8 Å². The molecule has 4 aromatic carbocycles. The van der Waals surface area contributed by atoms with E-state index in [-0.39, 0.29) is 24.5 Å². The smallest absolute Gasteiger partial charge is 0.319 e. The number of carbonyl (C=O) groups excluding carboxylic acids is 4. The number of likely N-dealkylation sites (N-methyl/N-ethyl adjacent to an activating group) is 1. The van der Waals surface area contributed by atoms with Crippen molar-refractivity contribution in [1.29, 1.82) is 0 Å². The van der Waals surface area contributed by atoms with Gasteiger partial charge in [0.2, 0.25) is 11.8 Å². The third kappa shape index (κ3) is 10.2. The molecule has 0 saturated heterocycles. The topological polar surface area (TPSA) is 157 Å². The number of benzene rings is 4. The third-order valence-electron chi connectivity index (χ3n) is 7.65. The minimum atomic E-state index is -1.01. The molecule has 0 atom stereocenters. The van der Waals surface area contributed by atoms with E-state index >= 15 is 0 Å². The number of hydrogen-bond donors (Lipinski definition) is 4. The van der Waals surface area contributed by atoms with Gasteiger partial charge in [0.15, 0.2) is 6.61 Å². The Morgan fingerprint density at radius 2 is 1.51 bits per heavy atom. The van der Waals surface area contributed by atoms with Gasteiger partial charge in [-0.1, -0.05) is 48.5 Å². The molecule has 4 N–H and O–H groups in total. The number of para-hydroxylation sites is 3. The summed E-state index contributed by atoms with van der Waals surface area (Å²) in [5.74, 6) is -2.29. The van der Waals surface area contributed by atoms with Crippen molar-refractivity contribution >= 4 is 52.5 Å². The molecule has 0 aliphatic carbocycles.